The average Bonchev–Trinajstić information content (AvgIpc) is 2.82. The number of benzene rings is 1. The maximum Gasteiger partial charge on any atom is 0.271 e. The van der Waals surface area contributed by atoms with Gasteiger partial charge in [0.05, 0.1) is 5.69 Å². The third kappa shape index (κ3) is 3.57. The van der Waals surface area contributed by atoms with Crippen LogP contribution in [0.1, 0.15) is 5.56 Å². The van der Waals surface area contributed by atoms with Crippen LogP contribution in [-0.2, 0) is 16.6 Å². The van der Waals surface area contributed by atoms with Crippen molar-refractivity contribution in [2.75, 3.05) is 4.72 Å². The summed E-state index contributed by atoms with van der Waals surface area (Å²) in [5.41, 5.74) is 6.78. The zero-order valence-corrected chi connectivity index (χ0v) is 14.4. The predicted molar refractivity (Wildman–Crippen MR) is 84.9 cm³/mol. The standard InChI is InChI=1S/C11H10Br2N2O2S2/c12-8-1-2-10(9(13)4-8)15-19(16,17)11-3-7(5-14)6-18-11/h1-4,6,15H,5,14H2. The van der Waals surface area contributed by atoms with Crippen molar-refractivity contribution >= 4 is 58.9 Å². The Morgan fingerprint density at radius 1 is 1.26 bits per heavy atom. The maximum absolute atomic E-state index is 12.2. The van der Waals surface area contributed by atoms with Gasteiger partial charge in [0.25, 0.3) is 10.0 Å². The van der Waals surface area contributed by atoms with Crippen molar-refractivity contribution in [3.63, 3.8) is 0 Å². The second-order valence-corrected chi connectivity index (χ2v) is 8.30. The molecule has 0 aliphatic rings. The Balaban J connectivity index is 2.30. The molecule has 8 heteroatoms. The highest BCUT2D eigenvalue weighted by atomic mass is 79.9. The molecule has 3 N–H and O–H groups in total. The number of hydrogen-bond acceptors (Lipinski definition) is 4. The number of nitrogens with two attached hydrogens (primary N) is 1. The topological polar surface area (TPSA) is 72.2 Å². The first-order chi connectivity index (χ1) is 8.92. The molecule has 0 atom stereocenters. The van der Waals surface area contributed by atoms with E-state index < -0.39 is 10.0 Å². The van der Waals surface area contributed by atoms with E-state index in [1.54, 1.807) is 29.6 Å². The van der Waals surface area contributed by atoms with Crippen LogP contribution in [0.2, 0.25) is 0 Å². The Hall–Kier alpha value is -0.410. The quantitative estimate of drug-likeness (QED) is 0.786. The van der Waals surface area contributed by atoms with E-state index in [2.05, 4.69) is 36.6 Å². The number of anilines is 1. The van der Waals surface area contributed by atoms with Gasteiger partial charge >= 0.3 is 0 Å². The molecule has 0 spiro atoms. The largest absolute Gasteiger partial charge is 0.326 e. The Morgan fingerprint density at radius 3 is 2.58 bits per heavy atom. The smallest absolute Gasteiger partial charge is 0.271 e. The van der Waals surface area contributed by atoms with Crippen molar-refractivity contribution in [3.05, 3.63) is 44.2 Å². The Bertz CT molecular complexity index is 698. The van der Waals surface area contributed by atoms with E-state index in [1.807, 2.05) is 0 Å². The maximum atomic E-state index is 12.2. The number of rotatable bonds is 4. The molecular weight excluding hydrogens is 416 g/mol. The SMILES string of the molecule is NCc1csc(S(=O)(=O)Nc2ccc(Br)cc2Br)c1. The number of sulfonamides is 1. The first-order valence-electron chi connectivity index (χ1n) is 5.18. The molecule has 1 heterocycles. The lowest BCUT2D eigenvalue weighted by molar-refractivity contribution is 0.603. The molecule has 2 rings (SSSR count). The lowest BCUT2D eigenvalue weighted by atomic mass is 10.3. The number of hydrogen-bond donors (Lipinski definition) is 2. The number of thiophene rings is 1. The highest BCUT2D eigenvalue weighted by molar-refractivity contribution is 9.11. The molecule has 0 aliphatic carbocycles. The van der Waals surface area contributed by atoms with Crippen LogP contribution in [0, 0.1) is 0 Å². The summed E-state index contributed by atoms with van der Waals surface area (Å²) in [5, 5.41) is 1.74. The van der Waals surface area contributed by atoms with Crippen LogP contribution in [0.25, 0.3) is 0 Å². The van der Waals surface area contributed by atoms with Gasteiger partial charge in [-0.1, -0.05) is 15.9 Å². The van der Waals surface area contributed by atoms with E-state index in [9.17, 15) is 8.42 Å². The van der Waals surface area contributed by atoms with Gasteiger partial charge in [-0.3, -0.25) is 4.72 Å². The highest BCUT2D eigenvalue weighted by Crippen LogP contribution is 2.29. The fraction of sp³-hybridized carbons (Fsp3) is 0.0909. The van der Waals surface area contributed by atoms with Crippen molar-refractivity contribution in [2.24, 2.45) is 5.73 Å². The Morgan fingerprint density at radius 2 is 2.00 bits per heavy atom. The van der Waals surface area contributed by atoms with Gasteiger partial charge in [-0.15, -0.1) is 11.3 Å². The zero-order valence-electron chi connectivity index (χ0n) is 9.56. The van der Waals surface area contributed by atoms with Crippen LogP contribution in [-0.4, -0.2) is 8.42 Å². The first kappa shape index (κ1) is 15.0. The number of nitrogens with one attached hydrogen (secondary N) is 1. The van der Waals surface area contributed by atoms with Gasteiger partial charge in [0.2, 0.25) is 0 Å². The summed E-state index contributed by atoms with van der Waals surface area (Å²) in [7, 11) is -3.57. The van der Waals surface area contributed by atoms with E-state index in [1.165, 1.54) is 0 Å². The van der Waals surface area contributed by atoms with E-state index in [0.717, 1.165) is 21.4 Å². The minimum atomic E-state index is -3.57. The predicted octanol–water partition coefficient (Wildman–Crippen LogP) is 3.53. The molecule has 0 fully saturated rings. The van der Waals surface area contributed by atoms with Gasteiger partial charge in [0.1, 0.15) is 4.21 Å². The minimum Gasteiger partial charge on any atom is -0.326 e. The van der Waals surface area contributed by atoms with Crippen molar-refractivity contribution in [1.82, 2.24) is 0 Å². The van der Waals surface area contributed by atoms with Gasteiger partial charge in [-0.25, -0.2) is 8.42 Å². The summed E-state index contributed by atoms with van der Waals surface area (Å²) in [6.07, 6.45) is 0. The Kier molecular flexibility index (Phi) is 4.67. The van der Waals surface area contributed by atoms with E-state index in [-0.39, 0.29) is 4.21 Å². The van der Waals surface area contributed by atoms with Gasteiger partial charge in [0.15, 0.2) is 0 Å². The van der Waals surface area contributed by atoms with Gasteiger partial charge in [-0.05, 0) is 51.1 Å². The molecule has 1 aromatic carbocycles. The lowest BCUT2D eigenvalue weighted by Gasteiger charge is -2.08. The normalized spacial score (nSPS) is 11.5. The second-order valence-electron chi connectivity index (χ2n) is 3.71. The van der Waals surface area contributed by atoms with Crippen LogP contribution in [0.15, 0.2) is 42.8 Å². The molecule has 0 amide bonds. The molecule has 4 nitrogen and oxygen atoms in total. The van der Waals surface area contributed by atoms with E-state index in [0.29, 0.717) is 16.7 Å². The molecule has 102 valence electrons. The third-order valence-corrected chi connectivity index (χ3v) is 6.31. The molecule has 0 unspecified atom stereocenters. The molecule has 0 saturated heterocycles. The highest BCUT2D eigenvalue weighted by Gasteiger charge is 2.17. The van der Waals surface area contributed by atoms with Crippen LogP contribution < -0.4 is 10.5 Å². The average molecular weight is 426 g/mol. The molecule has 19 heavy (non-hydrogen) atoms. The summed E-state index contributed by atoms with van der Waals surface area (Å²) >= 11 is 7.79. The Labute approximate surface area is 132 Å². The fourth-order valence-electron chi connectivity index (χ4n) is 1.37. The van der Waals surface area contributed by atoms with Crippen molar-refractivity contribution in [3.8, 4) is 0 Å². The number of halogens is 2. The molecule has 0 radical (unpaired) electrons. The van der Waals surface area contributed by atoms with Crippen LogP contribution in [0.3, 0.4) is 0 Å². The summed E-state index contributed by atoms with van der Waals surface area (Å²) in [6, 6.07) is 6.81. The van der Waals surface area contributed by atoms with E-state index >= 15 is 0 Å². The van der Waals surface area contributed by atoms with Crippen LogP contribution in [0.4, 0.5) is 5.69 Å². The third-order valence-electron chi connectivity index (χ3n) is 2.31. The van der Waals surface area contributed by atoms with E-state index in [4.69, 9.17) is 5.73 Å². The van der Waals surface area contributed by atoms with Crippen molar-refractivity contribution < 1.29 is 8.42 Å². The molecule has 0 aliphatic heterocycles. The van der Waals surface area contributed by atoms with Gasteiger partial charge in [-0.2, -0.15) is 0 Å². The van der Waals surface area contributed by atoms with Crippen LogP contribution in [0.5, 0.6) is 0 Å². The summed E-state index contributed by atoms with van der Waals surface area (Å²) < 4.78 is 28.7. The lowest BCUT2D eigenvalue weighted by Crippen LogP contribution is -2.12. The zero-order chi connectivity index (χ0) is 14.0. The molecule has 1 aromatic heterocycles. The van der Waals surface area contributed by atoms with Crippen LogP contribution >= 0.6 is 43.2 Å². The molecule has 2 aromatic rings. The minimum absolute atomic E-state index is 0.253. The van der Waals surface area contributed by atoms with Gasteiger partial charge in [0, 0.05) is 15.5 Å². The fourth-order valence-corrected chi connectivity index (χ4v) is 4.95. The summed E-state index contributed by atoms with van der Waals surface area (Å²) in [6.45, 7) is 0.327. The molecule has 0 saturated carbocycles. The molecular formula is C11H10Br2N2O2S2. The summed E-state index contributed by atoms with van der Waals surface area (Å²) in [4.78, 5) is 0. The summed E-state index contributed by atoms with van der Waals surface area (Å²) in [5.74, 6) is 0. The monoisotopic (exact) mass is 424 g/mol. The first-order valence-corrected chi connectivity index (χ1v) is 9.12. The van der Waals surface area contributed by atoms with Crippen molar-refractivity contribution in [2.45, 2.75) is 10.8 Å². The molecule has 0 bridgehead atoms. The van der Waals surface area contributed by atoms with Crippen molar-refractivity contribution in [1.29, 1.82) is 0 Å². The second kappa shape index (κ2) is 5.92. The van der Waals surface area contributed by atoms with Gasteiger partial charge < -0.3 is 5.73 Å².